The normalized spacial score (nSPS) is 25.2. The maximum atomic E-state index is 3.77. The van der Waals surface area contributed by atoms with Gasteiger partial charge in [-0.25, -0.2) is 0 Å². The van der Waals surface area contributed by atoms with Gasteiger partial charge in [0.1, 0.15) is 0 Å². The van der Waals surface area contributed by atoms with Gasteiger partial charge in [0.25, 0.3) is 0 Å². The van der Waals surface area contributed by atoms with Crippen molar-refractivity contribution in [2.24, 2.45) is 11.3 Å². The Morgan fingerprint density at radius 3 is 2.17 bits per heavy atom. The highest BCUT2D eigenvalue weighted by Gasteiger charge is 2.34. The molecule has 1 aromatic heterocycles. The van der Waals surface area contributed by atoms with E-state index in [4.69, 9.17) is 0 Å². The first-order chi connectivity index (χ1) is 8.39. The molecule has 18 heavy (non-hydrogen) atoms. The van der Waals surface area contributed by atoms with Crippen LogP contribution in [0.4, 0.5) is 0 Å². The van der Waals surface area contributed by atoms with Crippen molar-refractivity contribution in [3.05, 3.63) is 23.5 Å². The van der Waals surface area contributed by atoms with Gasteiger partial charge in [-0.2, -0.15) is 0 Å². The molecule has 2 heteroatoms. The van der Waals surface area contributed by atoms with Crippen molar-refractivity contribution in [3.8, 4) is 0 Å². The minimum Gasteiger partial charge on any atom is -0.323 e. The van der Waals surface area contributed by atoms with Gasteiger partial charge in [0.15, 0.2) is 0 Å². The lowest BCUT2D eigenvalue weighted by Gasteiger charge is -2.41. The maximum absolute atomic E-state index is 3.77. The summed E-state index contributed by atoms with van der Waals surface area (Å²) in [5.41, 5.74) is 6.79. The Balaban J connectivity index is 2.16. The molecule has 1 aliphatic rings. The molecule has 2 nitrogen and oxygen atoms in total. The third kappa shape index (κ3) is 2.73. The second-order valence-corrected chi connectivity index (χ2v) is 6.94. The van der Waals surface area contributed by atoms with Crippen LogP contribution in [-0.4, -0.2) is 10.7 Å². The van der Waals surface area contributed by atoms with E-state index < -0.39 is 0 Å². The molecule has 2 unspecified atom stereocenters. The largest absolute Gasteiger partial charge is 0.323 e. The zero-order chi connectivity index (χ0) is 13.3. The molecule has 1 fully saturated rings. The van der Waals surface area contributed by atoms with Crippen LogP contribution < -0.4 is 5.43 Å². The summed E-state index contributed by atoms with van der Waals surface area (Å²) >= 11 is 0. The predicted molar refractivity (Wildman–Crippen MR) is 78.5 cm³/mol. The Hall–Kier alpha value is -0.920. The molecule has 0 saturated heterocycles. The summed E-state index contributed by atoms with van der Waals surface area (Å²) in [7, 11) is 0. The van der Waals surface area contributed by atoms with Crippen LogP contribution in [0.2, 0.25) is 0 Å². The number of nitrogens with zero attached hydrogens (tertiary/aromatic N) is 1. The Morgan fingerprint density at radius 1 is 1.06 bits per heavy atom. The van der Waals surface area contributed by atoms with Gasteiger partial charge in [-0.3, -0.25) is 4.68 Å². The monoisotopic (exact) mass is 248 g/mol. The summed E-state index contributed by atoms with van der Waals surface area (Å²) in [5.74, 6) is 0.771. The minimum absolute atomic E-state index is 0.396. The summed E-state index contributed by atoms with van der Waals surface area (Å²) in [5, 5.41) is 0. The maximum Gasteiger partial charge on any atom is 0.0457 e. The lowest BCUT2D eigenvalue weighted by atomic mass is 9.70. The quantitative estimate of drug-likeness (QED) is 0.827. The highest BCUT2D eigenvalue weighted by atomic mass is 15.4. The van der Waals surface area contributed by atoms with Gasteiger partial charge >= 0.3 is 0 Å². The molecule has 0 amide bonds. The van der Waals surface area contributed by atoms with Crippen molar-refractivity contribution >= 4 is 0 Å². The number of hydrogen-bond acceptors (Lipinski definition) is 1. The van der Waals surface area contributed by atoms with Crippen molar-refractivity contribution in [1.82, 2.24) is 4.68 Å². The van der Waals surface area contributed by atoms with E-state index in [1.165, 1.54) is 37.1 Å². The second-order valence-electron chi connectivity index (χ2n) is 6.94. The highest BCUT2D eigenvalue weighted by molar-refractivity contribution is 5.16. The van der Waals surface area contributed by atoms with Crippen LogP contribution in [0.15, 0.2) is 12.1 Å². The fourth-order valence-corrected chi connectivity index (χ4v) is 3.36. The van der Waals surface area contributed by atoms with E-state index in [1.807, 2.05) is 0 Å². The smallest absolute Gasteiger partial charge is 0.0457 e. The molecule has 1 heterocycles. The first kappa shape index (κ1) is 13.5. The molecule has 0 aliphatic heterocycles. The van der Waals surface area contributed by atoms with E-state index in [-0.39, 0.29) is 0 Å². The van der Waals surface area contributed by atoms with Gasteiger partial charge in [-0.15, -0.1) is 0 Å². The van der Waals surface area contributed by atoms with E-state index in [1.54, 1.807) is 0 Å². The Morgan fingerprint density at radius 2 is 1.61 bits per heavy atom. The number of hydrogen-bond donors (Lipinski definition) is 1. The summed E-state index contributed by atoms with van der Waals surface area (Å²) in [6, 6.07) is 5.00. The van der Waals surface area contributed by atoms with Gasteiger partial charge in [-0.05, 0) is 50.2 Å². The summed E-state index contributed by atoms with van der Waals surface area (Å²) < 4.78 is 2.27. The summed E-state index contributed by atoms with van der Waals surface area (Å²) in [4.78, 5) is 0. The Bertz CT molecular complexity index is 378. The zero-order valence-electron chi connectivity index (χ0n) is 12.6. The average molecular weight is 248 g/mol. The first-order valence-electron chi connectivity index (χ1n) is 7.31. The van der Waals surface area contributed by atoms with Gasteiger partial charge < -0.3 is 5.43 Å². The lowest BCUT2D eigenvalue weighted by Crippen LogP contribution is -2.43. The van der Waals surface area contributed by atoms with Crippen molar-refractivity contribution in [1.29, 1.82) is 0 Å². The molecule has 0 bridgehead atoms. The van der Waals surface area contributed by atoms with E-state index in [2.05, 4.69) is 56.9 Å². The van der Waals surface area contributed by atoms with Crippen LogP contribution in [0, 0.1) is 25.2 Å². The third-order valence-corrected chi connectivity index (χ3v) is 4.44. The molecule has 1 aliphatic carbocycles. The second kappa shape index (κ2) is 4.99. The van der Waals surface area contributed by atoms with E-state index in [0.717, 1.165) is 5.92 Å². The molecule has 2 atom stereocenters. The van der Waals surface area contributed by atoms with Gasteiger partial charge in [-0.1, -0.05) is 33.6 Å². The fourth-order valence-electron chi connectivity index (χ4n) is 3.36. The van der Waals surface area contributed by atoms with Crippen LogP contribution in [0.1, 0.15) is 57.8 Å². The number of rotatable bonds is 2. The molecule has 2 rings (SSSR count). The topological polar surface area (TPSA) is 17.0 Å². The van der Waals surface area contributed by atoms with Crippen LogP contribution in [0.5, 0.6) is 0 Å². The molecular formula is C16H28N2. The molecule has 0 spiro atoms. The van der Waals surface area contributed by atoms with Crippen molar-refractivity contribution in [2.75, 3.05) is 5.43 Å². The van der Waals surface area contributed by atoms with Gasteiger partial charge in [0, 0.05) is 17.4 Å². The average Bonchev–Trinajstić information content (AvgIpc) is 2.60. The molecule has 102 valence electrons. The van der Waals surface area contributed by atoms with Crippen LogP contribution in [-0.2, 0) is 0 Å². The summed E-state index contributed by atoms with van der Waals surface area (Å²) in [6.45, 7) is 11.5. The van der Waals surface area contributed by atoms with E-state index >= 15 is 0 Å². The predicted octanol–water partition coefficient (Wildman–Crippen LogP) is 4.25. The molecule has 1 aromatic rings. The molecular weight excluding hydrogens is 220 g/mol. The van der Waals surface area contributed by atoms with E-state index in [0.29, 0.717) is 11.5 Å². The molecule has 0 radical (unpaired) electrons. The van der Waals surface area contributed by atoms with Gasteiger partial charge in [0.2, 0.25) is 0 Å². The fraction of sp³-hybridized carbons (Fsp3) is 0.750. The molecule has 0 aromatic carbocycles. The summed E-state index contributed by atoms with van der Waals surface area (Å²) in [6.07, 6.45) is 5.42. The van der Waals surface area contributed by atoms with Gasteiger partial charge in [0.05, 0.1) is 0 Å². The molecule has 1 saturated carbocycles. The molecule has 1 N–H and O–H groups in total. The zero-order valence-corrected chi connectivity index (χ0v) is 12.6. The lowest BCUT2D eigenvalue weighted by molar-refractivity contribution is 0.155. The number of aryl methyl sites for hydroxylation is 2. The van der Waals surface area contributed by atoms with Crippen molar-refractivity contribution in [3.63, 3.8) is 0 Å². The Labute approximate surface area is 112 Å². The van der Waals surface area contributed by atoms with Crippen molar-refractivity contribution < 1.29 is 0 Å². The van der Waals surface area contributed by atoms with E-state index in [9.17, 15) is 0 Å². The number of aromatic nitrogens is 1. The van der Waals surface area contributed by atoms with Crippen LogP contribution in [0.3, 0.4) is 0 Å². The first-order valence-corrected chi connectivity index (χ1v) is 7.31. The standard InChI is InChI=1S/C16H28N2/c1-12-10-11-13(2)18(12)17-15-9-7-6-8-14(15)16(3,4)5/h10-11,14-15,17H,6-9H2,1-5H3. The number of nitrogens with one attached hydrogen (secondary N) is 1. The van der Waals surface area contributed by atoms with Crippen molar-refractivity contribution in [2.45, 2.75) is 66.3 Å². The minimum atomic E-state index is 0.396. The van der Waals surface area contributed by atoms with Crippen LogP contribution in [0.25, 0.3) is 0 Å². The highest BCUT2D eigenvalue weighted by Crippen LogP contribution is 2.38. The van der Waals surface area contributed by atoms with Crippen LogP contribution >= 0.6 is 0 Å². The SMILES string of the molecule is Cc1ccc(C)n1NC1CCCCC1C(C)(C)C. The Kier molecular flexibility index (Phi) is 3.74. The third-order valence-electron chi connectivity index (χ3n) is 4.44.